The van der Waals surface area contributed by atoms with E-state index in [2.05, 4.69) is 41.6 Å². The number of hydrogen-bond donors (Lipinski definition) is 5. The molecule has 0 radical (unpaired) electrons. The van der Waals surface area contributed by atoms with Crippen LogP contribution in [0.5, 0.6) is 0 Å². The molecule has 0 aliphatic heterocycles. The fourth-order valence-electron chi connectivity index (χ4n) is 8.46. The average Bonchev–Trinajstić information content (AvgIpc) is 3.21. The van der Waals surface area contributed by atoms with E-state index in [1.54, 1.807) is 13.8 Å². The number of carbonyl (C=O) groups is 4. The Bertz CT molecular complexity index is 1250. The van der Waals surface area contributed by atoms with Gasteiger partial charge in [0.05, 0.1) is 12.1 Å². The SMILES string of the molecule is C#C[C@@]1(O)CC[C@@H]2[C@@H]3CCC4=C/C(=N\OCC(=O)N[C@@H](C(=O)N[C@@H](CC(=O)O)C(=O)O)C(C)C)CC[C@]4(C)[C@@H]3CC[C@@]21C. The zero-order valence-corrected chi connectivity index (χ0v) is 25.5. The molecule has 3 fully saturated rings. The quantitative estimate of drug-likeness (QED) is 0.188. The minimum Gasteiger partial charge on any atom is -0.481 e. The molecule has 0 bridgehead atoms. The molecule has 8 atom stereocenters. The number of oxime groups is 1. The number of carboxylic acid groups (broad SMARTS) is 2. The van der Waals surface area contributed by atoms with Crippen molar-refractivity contribution in [2.45, 2.75) is 103 Å². The highest BCUT2D eigenvalue weighted by atomic mass is 16.6. The van der Waals surface area contributed by atoms with Crippen molar-refractivity contribution in [3.05, 3.63) is 11.6 Å². The second-order valence-corrected chi connectivity index (χ2v) is 13.6. The Kier molecular flexibility index (Phi) is 9.31. The normalized spacial score (nSPS) is 35.3. The summed E-state index contributed by atoms with van der Waals surface area (Å²) in [4.78, 5) is 52.9. The standard InChI is InChI=1S/C32H45N3O8/c1-6-32(42)14-11-23-21-8-7-19-15-20(9-12-30(19,4)22(21)10-13-31(23,32)5)35-43-17-25(36)34-27(18(2)3)28(39)33-24(29(40)41)16-26(37)38/h1,15,18,21-24,27,42H,7-14,16-17H2,2-5H3,(H,33,39)(H,34,36)(H,37,38)(H,40,41)/b35-20-/t21-,22-,23-,24+,27-,30+,31+,32-/m1/s1. The Morgan fingerprint density at radius 2 is 1.77 bits per heavy atom. The Labute approximate surface area is 252 Å². The Morgan fingerprint density at radius 3 is 2.40 bits per heavy atom. The zero-order chi connectivity index (χ0) is 31.7. The predicted molar refractivity (Wildman–Crippen MR) is 157 cm³/mol. The number of aliphatic hydroxyl groups is 1. The van der Waals surface area contributed by atoms with Gasteiger partial charge in [0.15, 0.2) is 6.61 Å². The van der Waals surface area contributed by atoms with Crippen molar-refractivity contribution in [2.24, 2.45) is 39.7 Å². The van der Waals surface area contributed by atoms with Crippen molar-refractivity contribution in [3.8, 4) is 12.3 Å². The fourth-order valence-corrected chi connectivity index (χ4v) is 8.46. The number of aliphatic carboxylic acids is 2. The van der Waals surface area contributed by atoms with Gasteiger partial charge in [-0.3, -0.25) is 14.4 Å². The molecule has 11 heteroatoms. The molecular weight excluding hydrogens is 554 g/mol. The highest BCUT2D eigenvalue weighted by molar-refractivity contribution is 5.96. The molecule has 0 aromatic heterocycles. The van der Waals surface area contributed by atoms with Gasteiger partial charge >= 0.3 is 11.9 Å². The van der Waals surface area contributed by atoms with E-state index in [0.717, 1.165) is 44.2 Å². The summed E-state index contributed by atoms with van der Waals surface area (Å²) >= 11 is 0. The van der Waals surface area contributed by atoms with Crippen LogP contribution >= 0.6 is 0 Å². The monoisotopic (exact) mass is 599 g/mol. The van der Waals surface area contributed by atoms with Crippen molar-refractivity contribution >= 4 is 29.5 Å². The van der Waals surface area contributed by atoms with Crippen molar-refractivity contribution in [2.75, 3.05) is 6.61 Å². The number of hydrogen-bond acceptors (Lipinski definition) is 7. The largest absolute Gasteiger partial charge is 0.481 e. The van der Waals surface area contributed by atoms with Crippen molar-refractivity contribution in [1.29, 1.82) is 0 Å². The third kappa shape index (κ3) is 6.17. The molecule has 4 aliphatic rings. The minimum absolute atomic E-state index is 0.0454. The van der Waals surface area contributed by atoms with E-state index in [9.17, 15) is 29.4 Å². The second-order valence-electron chi connectivity index (χ2n) is 13.6. The summed E-state index contributed by atoms with van der Waals surface area (Å²) < 4.78 is 0. The molecule has 11 nitrogen and oxygen atoms in total. The smallest absolute Gasteiger partial charge is 0.326 e. The summed E-state index contributed by atoms with van der Waals surface area (Å²) in [5.74, 6) is -0.430. The first kappa shape index (κ1) is 32.5. The van der Waals surface area contributed by atoms with Crippen molar-refractivity contribution < 1.29 is 39.3 Å². The van der Waals surface area contributed by atoms with E-state index in [-0.39, 0.29) is 10.8 Å². The number of allylic oxidation sites excluding steroid dienone is 2. The van der Waals surface area contributed by atoms with Gasteiger partial charge in [0.2, 0.25) is 5.91 Å². The molecule has 0 unspecified atom stereocenters. The summed E-state index contributed by atoms with van der Waals surface area (Å²) in [6.45, 7) is 7.46. The number of carboxylic acids is 2. The number of nitrogens with zero attached hydrogens (tertiary/aromatic N) is 1. The summed E-state index contributed by atoms with van der Waals surface area (Å²) in [6.07, 6.45) is 14.4. The minimum atomic E-state index is -1.62. The van der Waals surface area contributed by atoms with Gasteiger partial charge in [-0.1, -0.05) is 44.3 Å². The Balaban J connectivity index is 1.35. The topological polar surface area (TPSA) is 175 Å². The van der Waals surface area contributed by atoms with Crippen LogP contribution < -0.4 is 10.6 Å². The molecule has 0 spiro atoms. The van der Waals surface area contributed by atoms with Gasteiger partial charge in [-0.25, -0.2) is 4.79 Å². The van der Waals surface area contributed by atoms with Crippen molar-refractivity contribution in [3.63, 3.8) is 0 Å². The van der Waals surface area contributed by atoms with Crippen LogP contribution in [0.15, 0.2) is 16.8 Å². The maximum absolute atomic E-state index is 12.6. The van der Waals surface area contributed by atoms with Crippen LogP contribution in [-0.2, 0) is 24.0 Å². The number of nitrogens with one attached hydrogen (secondary N) is 2. The molecule has 4 rings (SSSR count). The maximum Gasteiger partial charge on any atom is 0.326 e. The molecule has 2 amide bonds. The predicted octanol–water partition coefficient (Wildman–Crippen LogP) is 2.87. The fraction of sp³-hybridized carbons (Fsp3) is 0.719. The number of carbonyl (C=O) groups excluding carboxylic acids is 2. The van der Waals surface area contributed by atoms with Gasteiger partial charge in [0.25, 0.3) is 5.91 Å². The molecular formula is C32H45N3O8. The third-order valence-corrected chi connectivity index (χ3v) is 11.0. The lowest BCUT2D eigenvalue weighted by Crippen LogP contribution is -2.54. The molecule has 0 saturated heterocycles. The van der Waals surface area contributed by atoms with E-state index < -0.39 is 60.4 Å². The molecule has 3 saturated carbocycles. The molecule has 5 N–H and O–H groups in total. The van der Waals surface area contributed by atoms with Crippen molar-refractivity contribution in [1.82, 2.24) is 10.6 Å². The van der Waals surface area contributed by atoms with Gasteiger partial charge in [0.1, 0.15) is 17.7 Å². The number of amides is 2. The molecule has 4 aliphatic carbocycles. The van der Waals surface area contributed by atoms with Crippen LogP contribution in [0.2, 0.25) is 0 Å². The van der Waals surface area contributed by atoms with Crippen LogP contribution in [0.25, 0.3) is 0 Å². The van der Waals surface area contributed by atoms with Gasteiger partial charge in [0, 0.05) is 5.41 Å². The van der Waals surface area contributed by atoms with E-state index in [1.807, 2.05) is 0 Å². The second kappa shape index (κ2) is 12.3. The average molecular weight is 600 g/mol. The van der Waals surface area contributed by atoms with Gasteiger partial charge < -0.3 is 30.8 Å². The number of terminal acetylenes is 1. The summed E-state index contributed by atoms with van der Waals surface area (Å²) in [7, 11) is 0. The molecule has 0 heterocycles. The zero-order valence-electron chi connectivity index (χ0n) is 25.5. The molecule has 0 aromatic rings. The van der Waals surface area contributed by atoms with E-state index in [1.165, 1.54) is 5.57 Å². The van der Waals surface area contributed by atoms with Gasteiger partial charge in [-0.2, -0.15) is 0 Å². The molecule has 236 valence electrons. The Morgan fingerprint density at radius 1 is 1.07 bits per heavy atom. The van der Waals surface area contributed by atoms with Crippen LogP contribution in [0, 0.1) is 46.8 Å². The first-order valence-electron chi connectivity index (χ1n) is 15.3. The lowest BCUT2D eigenvalue weighted by atomic mass is 9.46. The highest BCUT2D eigenvalue weighted by Gasteiger charge is 2.63. The summed E-state index contributed by atoms with van der Waals surface area (Å²) in [5.41, 5.74) is 0.909. The Hall–Kier alpha value is -3.39. The van der Waals surface area contributed by atoms with Gasteiger partial charge in [-0.05, 0) is 86.5 Å². The van der Waals surface area contributed by atoms with E-state index >= 15 is 0 Å². The van der Waals surface area contributed by atoms with Crippen LogP contribution in [0.1, 0.15) is 85.5 Å². The van der Waals surface area contributed by atoms with Gasteiger partial charge in [-0.15, -0.1) is 6.42 Å². The van der Waals surface area contributed by atoms with Crippen LogP contribution in [0.4, 0.5) is 0 Å². The molecule has 43 heavy (non-hydrogen) atoms. The van der Waals surface area contributed by atoms with E-state index in [0.29, 0.717) is 30.6 Å². The maximum atomic E-state index is 12.6. The first-order valence-corrected chi connectivity index (χ1v) is 15.3. The number of rotatable bonds is 10. The third-order valence-electron chi connectivity index (χ3n) is 11.0. The number of fused-ring (bicyclic) bond motifs is 5. The van der Waals surface area contributed by atoms with Crippen LogP contribution in [-0.4, -0.2) is 69.1 Å². The summed E-state index contributed by atoms with van der Waals surface area (Å²) in [6, 6.07) is -2.70. The van der Waals surface area contributed by atoms with Crippen LogP contribution in [0.3, 0.4) is 0 Å². The lowest BCUT2D eigenvalue weighted by Gasteiger charge is -2.58. The highest BCUT2D eigenvalue weighted by Crippen LogP contribution is 2.67. The summed E-state index contributed by atoms with van der Waals surface area (Å²) in [5, 5.41) is 38.3. The first-order chi connectivity index (χ1) is 20.1. The van der Waals surface area contributed by atoms with E-state index in [4.69, 9.17) is 16.4 Å². The lowest BCUT2D eigenvalue weighted by molar-refractivity contribution is -0.147. The molecule has 0 aromatic carbocycles.